The van der Waals surface area contributed by atoms with Crippen molar-refractivity contribution in [1.82, 2.24) is 20.9 Å². The third-order valence-electron chi connectivity index (χ3n) is 6.43. The maximum absolute atomic E-state index is 12.9. The molecule has 176 valence electrons. The van der Waals surface area contributed by atoms with Gasteiger partial charge in [-0.15, -0.1) is 0 Å². The van der Waals surface area contributed by atoms with Crippen molar-refractivity contribution >= 4 is 17.7 Å². The third-order valence-corrected chi connectivity index (χ3v) is 6.43. The van der Waals surface area contributed by atoms with Crippen molar-refractivity contribution in [2.75, 3.05) is 26.7 Å². The minimum absolute atomic E-state index is 0.0493. The lowest BCUT2D eigenvalue weighted by Crippen LogP contribution is -2.53. The van der Waals surface area contributed by atoms with E-state index in [2.05, 4.69) is 16.0 Å². The largest absolute Gasteiger partial charge is 0.496 e. The van der Waals surface area contributed by atoms with Gasteiger partial charge in [0.15, 0.2) is 0 Å². The molecule has 8 heteroatoms. The molecule has 0 aromatic heterocycles. The first-order valence-corrected chi connectivity index (χ1v) is 11.6. The second kappa shape index (κ2) is 11.3. The van der Waals surface area contributed by atoms with Crippen molar-refractivity contribution < 1.29 is 19.1 Å². The minimum atomic E-state index is -0.612. The van der Waals surface area contributed by atoms with E-state index in [1.165, 1.54) is 0 Å². The fraction of sp³-hybridized carbons (Fsp3) is 0.625. The van der Waals surface area contributed by atoms with E-state index in [1.54, 1.807) is 7.11 Å². The zero-order valence-corrected chi connectivity index (χ0v) is 19.4. The quantitative estimate of drug-likeness (QED) is 0.564. The van der Waals surface area contributed by atoms with Gasteiger partial charge in [0.1, 0.15) is 11.8 Å². The van der Waals surface area contributed by atoms with E-state index in [1.807, 2.05) is 43.0 Å². The molecular formula is C24H36N4O4. The van der Waals surface area contributed by atoms with Gasteiger partial charge in [-0.3, -0.25) is 14.4 Å². The summed E-state index contributed by atoms with van der Waals surface area (Å²) in [4.78, 5) is 40.2. The summed E-state index contributed by atoms with van der Waals surface area (Å²) in [5.74, 6) is 0.316. The molecule has 2 heterocycles. The molecule has 2 saturated heterocycles. The van der Waals surface area contributed by atoms with Gasteiger partial charge in [-0.2, -0.15) is 0 Å². The first-order chi connectivity index (χ1) is 15.4. The van der Waals surface area contributed by atoms with Crippen LogP contribution in [0.15, 0.2) is 24.3 Å². The number of carbonyl (C=O) groups is 3. The summed E-state index contributed by atoms with van der Waals surface area (Å²) in [7, 11) is 1.60. The van der Waals surface area contributed by atoms with E-state index in [9.17, 15) is 14.4 Å². The third kappa shape index (κ3) is 6.00. The second-order valence-corrected chi connectivity index (χ2v) is 9.01. The molecule has 0 unspecified atom stereocenters. The number of amides is 3. The molecule has 3 rings (SSSR count). The molecule has 8 nitrogen and oxygen atoms in total. The second-order valence-electron chi connectivity index (χ2n) is 9.01. The van der Waals surface area contributed by atoms with Crippen LogP contribution in [0.5, 0.6) is 5.75 Å². The van der Waals surface area contributed by atoms with Gasteiger partial charge in [-0.05, 0) is 44.2 Å². The number of hydrogen-bond donors (Lipinski definition) is 3. The number of nitrogens with one attached hydrogen (secondary N) is 3. The Morgan fingerprint density at radius 2 is 1.88 bits per heavy atom. The van der Waals surface area contributed by atoms with Crippen molar-refractivity contribution in [1.29, 1.82) is 0 Å². The van der Waals surface area contributed by atoms with Crippen LogP contribution >= 0.6 is 0 Å². The van der Waals surface area contributed by atoms with Gasteiger partial charge >= 0.3 is 0 Å². The van der Waals surface area contributed by atoms with Gasteiger partial charge in [-0.1, -0.05) is 32.0 Å². The highest BCUT2D eigenvalue weighted by molar-refractivity contribution is 5.89. The van der Waals surface area contributed by atoms with Crippen LogP contribution < -0.4 is 20.7 Å². The maximum Gasteiger partial charge on any atom is 0.243 e. The lowest BCUT2D eigenvalue weighted by Gasteiger charge is -2.34. The van der Waals surface area contributed by atoms with Crippen LogP contribution in [0.1, 0.15) is 45.1 Å². The van der Waals surface area contributed by atoms with Crippen LogP contribution in [0, 0.1) is 11.8 Å². The molecule has 0 aliphatic carbocycles. The van der Waals surface area contributed by atoms with Crippen molar-refractivity contribution in [3.8, 4) is 5.75 Å². The molecule has 0 saturated carbocycles. The number of methoxy groups -OCH3 is 1. The van der Waals surface area contributed by atoms with E-state index in [4.69, 9.17) is 4.74 Å². The highest BCUT2D eigenvalue weighted by Gasteiger charge is 2.33. The van der Waals surface area contributed by atoms with E-state index in [-0.39, 0.29) is 35.6 Å². The summed E-state index contributed by atoms with van der Waals surface area (Å²) in [5, 5.41) is 9.12. The van der Waals surface area contributed by atoms with E-state index in [0.29, 0.717) is 38.2 Å². The predicted molar refractivity (Wildman–Crippen MR) is 122 cm³/mol. The highest BCUT2D eigenvalue weighted by Crippen LogP contribution is 2.21. The summed E-state index contributed by atoms with van der Waals surface area (Å²) < 4.78 is 5.33. The molecule has 0 bridgehead atoms. The van der Waals surface area contributed by atoms with E-state index < -0.39 is 6.04 Å². The number of hydrogen-bond acceptors (Lipinski definition) is 5. The number of benzene rings is 1. The first kappa shape index (κ1) is 24.0. The SMILES string of the molecule is COc1ccccc1CNC(=O)[C@@H](NC(=O)C1CCN(C(=O)[C@H]2CCCN2)CC1)C(C)C. The number of rotatable bonds is 8. The van der Waals surface area contributed by atoms with Gasteiger partial charge in [0.2, 0.25) is 17.7 Å². The Labute approximate surface area is 190 Å². The molecule has 1 aromatic carbocycles. The number of piperidine rings is 1. The van der Waals surface area contributed by atoms with Gasteiger partial charge in [0.25, 0.3) is 0 Å². The monoisotopic (exact) mass is 444 g/mol. The summed E-state index contributed by atoms with van der Waals surface area (Å²) in [6, 6.07) is 6.84. The fourth-order valence-electron chi connectivity index (χ4n) is 4.43. The summed E-state index contributed by atoms with van der Waals surface area (Å²) in [5.41, 5.74) is 0.881. The lowest BCUT2D eigenvalue weighted by molar-refractivity contribution is -0.138. The molecule has 2 fully saturated rings. The van der Waals surface area contributed by atoms with Crippen LogP contribution in [-0.4, -0.2) is 61.4 Å². The summed E-state index contributed by atoms with van der Waals surface area (Å²) >= 11 is 0. The molecule has 2 aliphatic heterocycles. The van der Waals surface area contributed by atoms with Crippen molar-refractivity contribution in [2.24, 2.45) is 11.8 Å². The molecule has 1 aromatic rings. The Bertz CT molecular complexity index is 799. The predicted octanol–water partition coefficient (Wildman–Crippen LogP) is 1.44. The van der Waals surface area contributed by atoms with Gasteiger partial charge in [0, 0.05) is 31.1 Å². The number of carbonyl (C=O) groups excluding carboxylic acids is 3. The zero-order chi connectivity index (χ0) is 23.1. The molecule has 0 radical (unpaired) electrons. The topological polar surface area (TPSA) is 99.8 Å². The molecule has 32 heavy (non-hydrogen) atoms. The number of para-hydroxylation sites is 1. The van der Waals surface area contributed by atoms with Crippen LogP contribution in [0.4, 0.5) is 0 Å². The maximum atomic E-state index is 12.9. The summed E-state index contributed by atoms with van der Waals surface area (Å²) in [6.45, 7) is 6.23. The van der Waals surface area contributed by atoms with E-state index in [0.717, 1.165) is 24.9 Å². The van der Waals surface area contributed by atoms with Crippen molar-refractivity contribution in [3.63, 3.8) is 0 Å². The minimum Gasteiger partial charge on any atom is -0.496 e. The Morgan fingerprint density at radius 3 is 2.50 bits per heavy atom. The molecule has 3 N–H and O–H groups in total. The molecule has 2 aliphatic rings. The zero-order valence-electron chi connectivity index (χ0n) is 19.4. The smallest absolute Gasteiger partial charge is 0.243 e. The normalized spacial score (nSPS) is 20.1. The van der Waals surface area contributed by atoms with Gasteiger partial charge in [0.05, 0.1) is 13.2 Å². The highest BCUT2D eigenvalue weighted by atomic mass is 16.5. The van der Waals surface area contributed by atoms with Crippen molar-refractivity contribution in [3.05, 3.63) is 29.8 Å². The summed E-state index contributed by atoms with van der Waals surface area (Å²) in [6.07, 6.45) is 3.17. The first-order valence-electron chi connectivity index (χ1n) is 11.6. The van der Waals surface area contributed by atoms with Crippen LogP contribution in [-0.2, 0) is 20.9 Å². The molecule has 2 atom stereocenters. The number of likely N-dealkylation sites (tertiary alicyclic amines) is 1. The van der Waals surface area contributed by atoms with E-state index >= 15 is 0 Å². The average molecular weight is 445 g/mol. The van der Waals surface area contributed by atoms with Crippen LogP contribution in [0.3, 0.4) is 0 Å². The average Bonchev–Trinajstić information content (AvgIpc) is 3.35. The van der Waals surface area contributed by atoms with Crippen LogP contribution in [0.25, 0.3) is 0 Å². The Kier molecular flexibility index (Phi) is 8.50. The Balaban J connectivity index is 1.50. The molecule has 0 spiro atoms. The fourth-order valence-corrected chi connectivity index (χ4v) is 4.43. The van der Waals surface area contributed by atoms with Crippen molar-refractivity contribution in [2.45, 2.75) is 58.2 Å². The Hall–Kier alpha value is -2.61. The van der Waals surface area contributed by atoms with Crippen LogP contribution in [0.2, 0.25) is 0 Å². The Morgan fingerprint density at radius 1 is 1.16 bits per heavy atom. The molecule has 3 amide bonds. The molecular weight excluding hydrogens is 408 g/mol. The number of ether oxygens (including phenoxy) is 1. The lowest BCUT2D eigenvalue weighted by atomic mass is 9.94. The standard InChI is InChI=1S/C24H36N4O4/c1-16(2)21(23(30)26-15-18-7-4-5-9-20(18)32-3)27-22(29)17-10-13-28(14-11-17)24(31)19-8-6-12-25-19/h4-5,7,9,16-17,19,21,25H,6,8,10-15H2,1-3H3,(H,26,30)(H,27,29)/t19-,21+/m1/s1. The van der Waals surface area contributed by atoms with Gasteiger partial charge in [-0.25, -0.2) is 0 Å². The number of nitrogens with zero attached hydrogens (tertiary/aromatic N) is 1. The van der Waals surface area contributed by atoms with Gasteiger partial charge < -0.3 is 25.6 Å².